The number of rotatable bonds is 7. The van der Waals surface area contributed by atoms with Crippen LogP contribution in [0.2, 0.25) is 0 Å². The Balaban J connectivity index is 1.70. The molecule has 0 saturated heterocycles. The molecule has 1 heterocycles. The minimum atomic E-state index is -3.86. The minimum absolute atomic E-state index is 0.0480. The molecule has 3 rings (SSSR count). The molecule has 0 atom stereocenters. The fraction of sp³-hybridized carbons (Fsp3) is 0.353. The Hall–Kier alpha value is -2.19. The maximum absolute atomic E-state index is 13.0. The number of carbonyl (C=O) groups excluding carboxylic acids is 1. The van der Waals surface area contributed by atoms with E-state index in [2.05, 4.69) is 0 Å². The number of hydrogen-bond acceptors (Lipinski definition) is 4. The molecule has 0 spiro atoms. The molecular weight excluding hydrogens is 347 g/mol. The van der Waals surface area contributed by atoms with Crippen molar-refractivity contribution in [2.45, 2.75) is 30.3 Å². The summed E-state index contributed by atoms with van der Waals surface area (Å²) in [5.41, 5.74) is 0. The molecule has 0 unspecified atom stereocenters. The first kappa shape index (κ1) is 17.6. The fourth-order valence-electron chi connectivity index (χ4n) is 2.53. The topological polar surface area (TPSA) is 70.8 Å². The quantitative estimate of drug-likeness (QED) is 0.753. The molecule has 0 N–H and O–H groups in total. The van der Waals surface area contributed by atoms with E-state index in [1.807, 2.05) is 0 Å². The average molecular weight is 366 g/mol. The van der Waals surface area contributed by atoms with Gasteiger partial charge in [-0.2, -0.15) is 4.31 Å². The van der Waals surface area contributed by atoms with Gasteiger partial charge in [0.2, 0.25) is 15.9 Å². The van der Waals surface area contributed by atoms with Crippen LogP contribution in [0.1, 0.15) is 18.6 Å². The third-order valence-electron chi connectivity index (χ3n) is 4.09. The summed E-state index contributed by atoms with van der Waals surface area (Å²) in [6, 6.07) is 8.18. The fourth-order valence-corrected chi connectivity index (χ4v) is 3.65. The summed E-state index contributed by atoms with van der Waals surface area (Å²) in [5, 5.41) is 0. The first-order valence-electron chi connectivity index (χ1n) is 7.91. The first-order valence-corrected chi connectivity index (χ1v) is 9.35. The predicted molar refractivity (Wildman–Crippen MR) is 88.5 cm³/mol. The molecule has 0 bridgehead atoms. The molecule has 25 heavy (non-hydrogen) atoms. The van der Waals surface area contributed by atoms with Gasteiger partial charge in [0.05, 0.1) is 24.2 Å². The molecule has 1 aliphatic rings. The summed E-state index contributed by atoms with van der Waals surface area (Å²) in [4.78, 5) is 14.2. The van der Waals surface area contributed by atoms with Gasteiger partial charge in [-0.15, -0.1) is 0 Å². The zero-order valence-electron chi connectivity index (χ0n) is 13.8. The van der Waals surface area contributed by atoms with Gasteiger partial charge in [-0.1, -0.05) is 0 Å². The average Bonchev–Trinajstić information content (AvgIpc) is 3.28. The van der Waals surface area contributed by atoms with Crippen LogP contribution in [-0.2, 0) is 21.4 Å². The summed E-state index contributed by atoms with van der Waals surface area (Å²) < 4.78 is 44.3. The highest BCUT2D eigenvalue weighted by Crippen LogP contribution is 2.29. The summed E-state index contributed by atoms with van der Waals surface area (Å²) in [7, 11) is -2.51. The summed E-state index contributed by atoms with van der Waals surface area (Å²) >= 11 is 0. The number of amides is 1. The zero-order valence-corrected chi connectivity index (χ0v) is 14.6. The molecule has 2 aromatic rings. The van der Waals surface area contributed by atoms with Crippen molar-refractivity contribution >= 4 is 15.9 Å². The highest BCUT2D eigenvalue weighted by atomic mass is 32.2. The standard InChI is InChI=1S/C17H19FN2O4S/c1-19(25(22,23)16-8-4-13(18)5-9-16)12-17(21)20(14-6-7-14)11-15-3-2-10-24-15/h2-5,8-10,14H,6-7,11-12H2,1H3. The van der Waals surface area contributed by atoms with Crippen LogP contribution in [-0.4, -0.2) is 43.2 Å². The second kappa shape index (κ2) is 6.97. The van der Waals surface area contributed by atoms with Crippen LogP contribution in [0.3, 0.4) is 0 Å². The van der Waals surface area contributed by atoms with E-state index < -0.39 is 15.8 Å². The van der Waals surface area contributed by atoms with E-state index in [1.165, 1.54) is 25.4 Å². The molecule has 0 aliphatic heterocycles. The summed E-state index contributed by atoms with van der Waals surface area (Å²) in [6.07, 6.45) is 3.34. The van der Waals surface area contributed by atoms with Crippen LogP contribution in [0.4, 0.5) is 4.39 Å². The molecule has 1 fully saturated rings. The van der Waals surface area contributed by atoms with Gasteiger partial charge in [0.15, 0.2) is 0 Å². The van der Waals surface area contributed by atoms with Gasteiger partial charge >= 0.3 is 0 Å². The molecule has 1 amide bonds. The van der Waals surface area contributed by atoms with Crippen molar-refractivity contribution in [3.63, 3.8) is 0 Å². The second-order valence-corrected chi connectivity index (χ2v) is 8.09. The molecule has 1 aromatic heterocycles. The van der Waals surface area contributed by atoms with E-state index >= 15 is 0 Å². The van der Waals surface area contributed by atoms with Crippen molar-refractivity contribution in [1.82, 2.24) is 9.21 Å². The lowest BCUT2D eigenvalue weighted by molar-refractivity contribution is -0.132. The molecule has 134 valence electrons. The SMILES string of the molecule is CN(CC(=O)N(Cc1ccco1)C1CC1)S(=O)(=O)c1ccc(F)cc1. The van der Waals surface area contributed by atoms with Crippen LogP contribution >= 0.6 is 0 Å². The van der Waals surface area contributed by atoms with E-state index in [1.54, 1.807) is 17.0 Å². The lowest BCUT2D eigenvalue weighted by Gasteiger charge is -2.24. The Morgan fingerprint density at radius 3 is 2.48 bits per heavy atom. The van der Waals surface area contributed by atoms with Crippen LogP contribution in [0, 0.1) is 5.82 Å². The van der Waals surface area contributed by atoms with E-state index in [4.69, 9.17) is 4.42 Å². The van der Waals surface area contributed by atoms with Crippen LogP contribution < -0.4 is 0 Å². The number of hydrogen-bond donors (Lipinski definition) is 0. The largest absolute Gasteiger partial charge is 0.467 e. The van der Waals surface area contributed by atoms with Crippen molar-refractivity contribution in [2.24, 2.45) is 0 Å². The molecule has 0 radical (unpaired) electrons. The third kappa shape index (κ3) is 4.08. The Bertz CT molecular complexity index is 830. The van der Waals surface area contributed by atoms with Crippen LogP contribution in [0.25, 0.3) is 0 Å². The van der Waals surface area contributed by atoms with Gasteiger partial charge in [0.25, 0.3) is 0 Å². The lowest BCUT2D eigenvalue weighted by atomic mass is 10.3. The third-order valence-corrected chi connectivity index (χ3v) is 5.91. The number of likely N-dealkylation sites (N-methyl/N-ethyl adjacent to an activating group) is 1. The first-order chi connectivity index (χ1) is 11.9. The van der Waals surface area contributed by atoms with E-state index in [0.29, 0.717) is 12.3 Å². The number of carbonyl (C=O) groups is 1. The number of halogens is 1. The normalized spacial score (nSPS) is 14.7. The Morgan fingerprint density at radius 2 is 1.92 bits per heavy atom. The highest BCUT2D eigenvalue weighted by Gasteiger charge is 2.34. The number of nitrogens with zero attached hydrogens (tertiary/aromatic N) is 2. The Labute approximate surface area is 145 Å². The zero-order chi connectivity index (χ0) is 18.0. The van der Waals surface area contributed by atoms with Crippen LogP contribution in [0.5, 0.6) is 0 Å². The Kier molecular flexibility index (Phi) is 4.91. The van der Waals surface area contributed by atoms with Crippen molar-refractivity contribution in [3.05, 3.63) is 54.2 Å². The van der Waals surface area contributed by atoms with E-state index in [0.717, 1.165) is 29.3 Å². The molecule has 1 saturated carbocycles. The van der Waals surface area contributed by atoms with Gasteiger partial charge in [0, 0.05) is 13.1 Å². The summed E-state index contributed by atoms with van der Waals surface area (Å²) in [5.74, 6) is -0.146. The molecular formula is C17H19FN2O4S. The van der Waals surface area contributed by atoms with Crippen LogP contribution in [0.15, 0.2) is 52.0 Å². The van der Waals surface area contributed by atoms with Crippen molar-refractivity contribution < 1.29 is 22.0 Å². The minimum Gasteiger partial charge on any atom is -0.467 e. The van der Waals surface area contributed by atoms with Crippen molar-refractivity contribution in [2.75, 3.05) is 13.6 Å². The van der Waals surface area contributed by atoms with Gasteiger partial charge in [-0.3, -0.25) is 4.79 Å². The van der Waals surface area contributed by atoms with E-state index in [9.17, 15) is 17.6 Å². The van der Waals surface area contributed by atoms with Gasteiger partial charge in [0.1, 0.15) is 11.6 Å². The second-order valence-electron chi connectivity index (χ2n) is 6.05. The lowest BCUT2D eigenvalue weighted by Crippen LogP contribution is -2.41. The van der Waals surface area contributed by atoms with Gasteiger partial charge in [-0.25, -0.2) is 12.8 Å². The predicted octanol–water partition coefficient (Wildman–Crippen LogP) is 2.23. The van der Waals surface area contributed by atoms with E-state index in [-0.39, 0.29) is 23.4 Å². The molecule has 8 heteroatoms. The molecule has 1 aromatic carbocycles. The number of benzene rings is 1. The van der Waals surface area contributed by atoms with Gasteiger partial charge in [-0.05, 0) is 49.2 Å². The van der Waals surface area contributed by atoms with Crippen molar-refractivity contribution in [1.29, 1.82) is 0 Å². The highest BCUT2D eigenvalue weighted by molar-refractivity contribution is 7.89. The van der Waals surface area contributed by atoms with Gasteiger partial charge < -0.3 is 9.32 Å². The monoisotopic (exact) mass is 366 g/mol. The van der Waals surface area contributed by atoms with Crippen molar-refractivity contribution in [3.8, 4) is 0 Å². The summed E-state index contributed by atoms with van der Waals surface area (Å²) in [6.45, 7) is 0.0395. The maximum Gasteiger partial charge on any atom is 0.243 e. The Morgan fingerprint density at radius 1 is 1.24 bits per heavy atom. The molecule has 1 aliphatic carbocycles. The maximum atomic E-state index is 13.0. The number of furan rings is 1. The number of sulfonamides is 1. The molecule has 6 nitrogen and oxygen atoms in total. The smallest absolute Gasteiger partial charge is 0.243 e.